The van der Waals surface area contributed by atoms with Gasteiger partial charge in [-0.25, -0.2) is 0 Å². The third kappa shape index (κ3) is 2.97. The standard InChI is InChI=1S/C18H19ClN4O/c1-12-9-17(20-10-15-3-2-8-24-15)23-18(22-12)16(11-21-23)13-4-6-14(19)7-5-13/h4-7,9,11,15H,2-3,8,10H2,1H3,(H,20,21,22)/p+1/t15-/m1/s1. The number of anilines is 1. The molecule has 1 saturated heterocycles. The van der Waals surface area contributed by atoms with Gasteiger partial charge >= 0.3 is 0 Å². The van der Waals surface area contributed by atoms with Crippen molar-refractivity contribution in [3.63, 3.8) is 0 Å². The first-order chi connectivity index (χ1) is 11.7. The monoisotopic (exact) mass is 343 g/mol. The molecule has 0 radical (unpaired) electrons. The average Bonchev–Trinajstić information content (AvgIpc) is 3.23. The lowest BCUT2D eigenvalue weighted by atomic mass is 10.1. The van der Waals surface area contributed by atoms with Crippen molar-refractivity contribution < 1.29 is 9.25 Å². The van der Waals surface area contributed by atoms with E-state index in [0.717, 1.165) is 59.3 Å². The van der Waals surface area contributed by atoms with Crippen LogP contribution in [0.2, 0.25) is 5.02 Å². The van der Waals surface area contributed by atoms with Crippen molar-refractivity contribution >= 4 is 23.1 Å². The van der Waals surface area contributed by atoms with Crippen LogP contribution in [0.5, 0.6) is 0 Å². The van der Waals surface area contributed by atoms with Gasteiger partial charge in [0, 0.05) is 17.8 Å². The summed E-state index contributed by atoms with van der Waals surface area (Å²) in [6.45, 7) is 3.68. The first kappa shape index (κ1) is 15.4. The number of halogens is 1. The van der Waals surface area contributed by atoms with Crippen molar-refractivity contribution in [3.8, 4) is 11.1 Å². The van der Waals surface area contributed by atoms with Gasteiger partial charge in [-0.1, -0.05) is 23.7 Å². The van der Waals surface area contributed by atoms with Crippen LogP contribution >= 0.6 is 11.6 Å². The topological polar surface area (TPSA) is 54.0 Å². The van der Waals surface area contributed by atoms with E-state index in [4.69, 9.17) is 21.3 Å². The molecule has 3 heterocycles. The molecule has 0 unspecified atom stereocenters. The van der Waals surface area contributed by atoms with Crippen molar-refractivity contribution in [2.75, 3.05) is 18.5 Å². The highest BCUT2D eigenvalue weighted by Gasteiger charge is 2.21. The van der Waals surface area contributed by atoms with Crippen LogP contribution in [-0.2, 0) is 4.74 Å². The summed E-state index contributed by atoms with van der Waals surface area (Å²) >= 11 is 5.99. The maximum Gasteiger partial charge on any atom is 0.294 e. The summed E-state index contributed by atoms with van der Waals surface area (Å²) in [6.07, 6.45) is 4.53. The number of nitrogens with zero attached hydrogens (tertiary/aromatic N) is 2. The molecule has 4 rings (SSSR count). The zero-order chi connectivity index (χ0) is 16.5. The van der Waals surface area contributed by atoms with Crippen LogP contribution in [0.15, 0.2) is 36.5 Å². The first-order valence-electron chi connectivity index (χ1n) is 8.23. The molecule has 1 fully saturated rings. The Morgan fingerprint density at radius 3 is 2.96 bits per heavy atom. The number of fused-ring (bicyclic) bond motifs is 1. The number of aromatic nitrogens is 3. The molecule has 0 amide bonds. The van der Waals surface area contributed by atoms with E-state index in [0.29, 0.717) is 6.10 Å². The van der Waals surface area contributed by atoms with Crippen LogP contribution in [-0.4, -0.2) is 29.3 Å². The van der Waals surface area contributed by atoms with Crippen molar-refractivity contribution in [2.24, 2.45) is 0 Å². The quantitative estimate of drug-likeness (QED) is 0.714. The fraction of sp³-hybridized carbons (Fsp3) is 0.333. The number of aryl methyl sites for hydroxylation is 1. The second-order valence-electron chi connectivity index (χ2n) is 6.15. The van der Waals surface area contributed by atoms with Crippen molar-refractivity contribution in [1.82, 2.24) is 10.1 Å². The summed E-state index contributed by atoms with van der Waals surface area (Å²) in [5, 5.41) is 7.51. The molecule has 0 bridgehead atoms. The van der Waals surface area contributed by atoms with E-state index in [-0.39, 0.29) is 0 Å². The number of H-pyrrole nitrogens is 1. The highest BCUT2D eigenvalue weighted by molar-refractivity contribution is 6.30. The van der Waals surface area contributed by atoms with E-state index in [1.807, 2.05) is 48.0 Å². The number of aromatic amines is 1. The maximum atomic E-state index is 5.99. The Bertz CT molecular complexity index is 853. The molecule has 24 heavy (non-hydrogen) atoms. The second-order valence-corrected chi connectivity index (χ2v) is 6.59. The van der Waals surface area contributed by atoms with Crippen LogP contribution in [0.3, 0.4) is 0 Å². The fourth-order valence-electron chi connectivity index (χ4n) is 3.13. The Kier molecular flexibility index (Phi) is 4.12. The first-order valence-corrected chi connectivity index (χ1v) is 8.61. The summed E-state index contributed by atoms with van der Waals surface area (Å²) in [5.41, 5.74) is 4.00. The van der Waals surface area contributed by atoms with E-state index in [9.17, 15) is 0 Å². The SMILES string of the molecule is Cc1cc(NC[C@H]2CCCO2)[n+]2[nH]cc(-c3ccc(Cl)cc3)c2n1. The van der Waals surface area contributed by atoms with Crippen LogP contribution < -0.4 is 9.83 Å². The average molecular weight is 344 g/mol. The Balaban J connectivity index is 1.69. The number of nitrogens with one attached hydrogen (secondary N) is 2. The number of benzene rings is 1. The Morgan fingerprint density at radius 2 is 2.21 bits per heavy atom. The molecule has 1 aliphatic rings. The molecular weight excluding hydrogens is 324 g/mol. The normalized spacial score (nSPS) is 17.5. The zero-order valence-electron chi connectivity index (χ0n) is 13.6. The van der Waals surface area contributed by atoms with E-state index in [1.54, 1.807) is 0 Å². The highest BCUT2D eigenvalue weighted by atomic mass is 35.5. The maximum absolute atomic E-state index is 5.99. The van der Waals surface area contributed by atoms with Gasteiger partial charge in [0.05, 0.1) is 24.3 Å². The van der Waals surface area contributed by atoms with E-state index in [1.165, 1.54) is 0 Å². The molecule has 5 nitrogen and oxygen atoms in total. The van der Waals surface area contributed by atoms with Gasteiger partial charge in [0.2, 0.25) is 5.82 Å². The number of ether oxygens (including phenoxy) is 1. The van der Waals surface area contributed by atoms with Gasteiger partial charge in [-0.3, -0.25) is 5.10 Å². The minimum Gasteiger partial charge on any atom is -0.375 e. The summed E-state index contributed by atoms with van der Waals surface area (Å²) in [7, 11) is 0. The van der Waals surface area contributed by atoms with Gasteiger partial charge in [0.1, 0.15) is 5.69 Å². The molecule has 124 valence electrons. The van der Waals surface area contributed by atoms with Crippen molar-refractivity contribution in [3.05, 3.63) is 47.2 Å². The molecule has 3 aromatic rings. The molecule has 2 aromatic heterocycles. The fourth-order valence-corrected chi connectivity index (χ4v) is 3.25. The van der Waals surface area contributed by atoms with Gasteiger partial charge in [0.15, 0.2) is 0 Å². The smallest absolute Gasteiger partial charge is 0.294 e. The summed E-state index contributed by atoms with van der Waals surface area (Å²) < 4.78 is 7.67. The van der Waals surface area contributed by atoms with Gasteiger partial charge in [0.25, 0.3) is 5.65 Å². The predicted molar refractivity (Wildman–Crippen MR) is 94.4 cm³/mol. The largest absolute Gasteiger partial charge is 0.375 e. The number of rotatable bonds is 4. The molecule has 2 N–H and O–H groups in total. The van der Waals surface area contributed by atoms with Crippen LogP contribution in [0.4, 0.5) is 5.82 Å². The molecule has 6 heteroatoms. The molecule has 1 atom stereocenters. The van der Waals surface area contributed by atoms with E-state index < -0.39 is 0 Å². The lowest BCUT2D eigenvalue weighted by molar-refractivity contribution is -0.564. The van der Waals surface area contributed by atoms with E-state index >= 15 is 0 Å². The van der Waals surface area contributed by atoms with Gasteiger partial charge < -0.3 is 10.1 Å². The summed E-state index contributed by atoms with van der Waals surface area (Å²) in [4.78, 5) is 4.70. The van der Waals surface area contributed by atoms with Crippen molar-refractivity contribution in [1.29, 1.82) is 0 Å². The minimum absolute atomic E-state index is 0.291. The molecule has 0 aliphatic carbocycles. The Morgan fingerprint density at radius 1 is 1.38 bits per heavy atom. The molecule has 0 spiro atoms. The van der Waals surface area contributed by atoms with E-state index in [2.05, 4.69) is 10.4 Å². The van der Waals surface area contributed by atoms with Crippen LogP contribution in [0, 0.1) is 6.92 Å². The highest BCUT2D eigenvalue weighted by Crippen LogP contribution is 2.24. The van der Waals surface area contributed by atoms with Gasteiger partial charge in [-0.15, -0.1) is 9.50 Å². The molecule has 0 saturated carbocycles. The Hall–Kier alpha value is -2.11. The lowest BCUT2D eigenvalue weighted by Gasteiger charge is -2.08. The molecule has 1 aromatic carbocycles. The van der Waals surface area contributed by atoms with Crippen LogP contribution in [0.1, 0.15) is 18.5 Å². The summed E-state index contributed by atoms with van der Waals surface area (Å²) in [5.74, 6) is 0.994. The predicted octanol–water partition coefficient (Wildman–Crippen LogP) is 3.37. The second kappa shape index (κ2) is 6.42. The molecular formula is C18H20ClN4O+. The third-order valence-electron chi connectivity index (χ3n) is 4.35. The minimum atomic E-state index is 0.291. The lowest BCUT2D eigenvalue weighted by Crippen LogP contribution is -2.32. The van der Waals surface area contributed by atoms with Gasteiger partial charge in [-0.05, 0) is 37.5 Å². The number of hydrogen-bond donors (Lipinski definition) is 2. The van der Waals surface area contributed by atoms with Crippen molar-refractivity contribution in [2.45, 2.75) is 25.9 Å². The molecule has 1 aliphatic heterocycles. The zero-order valence-corrected chi connectivity index (χ0v) is 14.3. The van der Waals surface area contributed by atoms with Gasteiger partial charge in [-0.2, -0.15) is 0 Å². The number of hydrogen-bond acceptors (Lipinski definition) is 3. The summed E-state index contributed by atoms with van der Waals surface area (Å²) in [6, 6.07) is 9.85. The third-order valence-corrected chi connectivity index (χ3v) is 4.60. The van der Waals surface area contributed by atoms with Crippen LogP contribution in [0.25, 0.3) is 16.8 Å². The Labute approximate surface area is 145 Å².